The normalized spacial score (nSPS) is 11.3. The molecule has 1 heterocycles. The molecule has 0 saturated heterocycles. The van der Waals surface area contributed by atoms with E-state index < -0.39 is 17.8 Å². The number of rotatable bonds is 1. The summed E-state index contributed by atoms with van der Waals surface area (Å²) >= 11 is 0. The Bertz CT molecular complexity index is 336. The zero-order chi connectivity index (χ0) is 10.1. The molecule has 0 amide bonds. The number of alkyl halides is 3. The third-order valence-electron chi connectivity index (χ3n) is 1.17. The Morgan fingerprint density at radius 2 is 2.00 bits per heavy atom. The van der Waals surface area contributed by atoms with E-state index in [1.807, 2.05) is 0 Å². The molecule has 0 aliphatic rings. The molecule has 0 aliphatic heterocycles. The van der Waals surface area contributed by atoms with Crippen LogP contribution in [0.2, 0.25) is 0 Å². The van der Waals surface area contributed by atoms with Crippen LogP contribution in [0.4, 0.5) is 19.1 Å². The number of hydrogen-bond acceptors (Lipinski definition) is 4. The third-order valence-corrected chi connectivity index (χ3v) is 1.17. The van der Waals surface area contributed by atoms with Crippen molar-refractivity contribution in [1.82, 2.24) is 9.97 Å². The van der Waals surface area contributed by atoms with Crippen LogP contribution in [0, 0.1) is 0 Å². The molecule has 0 aliphatic carbocycles. The average Bonchev–Trinajstić information content (AvgIpc) is 2.01. The van der Waals surface area contributed by atoms with Gasteiger partial charge in [-0.05, 0) is 6.07 Å². The van der Waals surface area contributed by atoms with Crippen LogP contribution in [0.3, 0.4) is 0 Å². The molecular formula is C6H4F3N3O. The number of nitrogens with zero attached hydrogens (tertiary/aromatic N) is 2. The van der Waals surface area contributed by atoms with Crippen molar-refractivity contribution in [2.24, 2.45) is 0 Å². The van der Waals surface area contributed by atoms with Crippen molar-refractivity contribution in [3.05, 3.63) is 17.5 Å². The third kappa shape index (κ3) is 2.14. The van der Waals surface area contributed by atoms with E-state index in [0.29, 0.717) is 6.07 Å². The number of halogens is 3. The highest BCUT2D eigenvalue weighted by Crippen LogP contribution is 2.27. The minimum atomic E-state index is -4.62. The van der Waals surface area contributed by atoms with Gasteiger partial charge in [-0.3, -0.25) is 4.79 Å². The number of aldehydes is 1. The number of aromatic nitrogens is 2. The quantitative estimate of drug-likeness (QED) is 0.669. The first-order valence-electron chi connectivity index (χ1n) is 3.10. The van der Waals surface area contributed by atoms with Gasteiger partial charge >= 0.3 is 6.18 Å². The van der Waals surface area contributed by atoms with E-state index in [0.717, 1.165) is 0 Å². The van der Waals surface area contributed by atoms with Gasteiger partial charge in [0.15, 0.2) is 12.0 Å². The SMILES string of the molecule is Nc1nc(C=O)cc(C(F)(F)F)n1. The smallest absolute Gasteiger partial charge is 0.368 e. The van der Waals surface area contributed by atoms with E-state index in [1.54, 1.807) is 0 Å². The van der Waals surface area contributed by atoms with Gasteiger partial charge in [-0.25, -0.2) is 9.97 Å². The molecule has 1 aromatic rings. The van der Waals surface area contributed by atoms with Gasteiger partial charge in [0.05, 0.1) is 0 Å². The van der Waals surface area contributed by atoms with E-state index in [4.69, 9.17) is 5.73 Å². The molecule has 4 nitrogen and oxygen atoms in total. The molecule has 2 N–H and O–H groups in total. The van der Waals surface area contributed by atoms with Crippen LogP contribution >= 0.6 is 0 Å². The summed E-state index contributed by atoms with van der Waals surface area (Å²) in [4.78, 5) is 16.3. The Hall–Kier alpha value is -1.66. The van der Waals surface area contributed by atoms with Crippen LogP contribution in [0.1, 0.15) is 16.2 Å². The largest absolute Gasteiger partial charge is 0.433 e. The van der Waals surface area contributed by atoms with Gasteiger partial charge in [-0.15, -0.1) is 0 Å². The standard InChI is InChI=1S/C6H4F3N3O/c7-6(8,9)4-1-3(2-13)11-5(10)12-4/h1-2H,(H2,10,11,12). The first-order valence-corrected chi connectivity index (χ1v) is 3.10. The van der Waals surface area contributed by atoms with Gasteiger partial charge < -0.3 is 5.73 Å². The molecule has 0 fully saturated rings. The summed E-state index contributed by atoms with van der Waals surface area (Å²) in [5, 5.41) is 0. The second kappa shape index (κ2) is 3.00. The summed E-state index contributed by atoms with van der Waals surface area (Å²) in [5.41, 5.74) is 3.34. The van der Waals surface area contributed by atoms with E-state index in [-0.39, 0.29) is 12.0 Å². The lowest BCUT2D eigenvalue weighted by atomic mass is 10.3. The molecule has 0 bridgehead atoms. The highest BCUT2D eigenvalue weighted by atomic mass is 19.4. The Morgan fingerprint density at radius 1 is 1.38 bits per heavy atom. The number of carbonyl (C=O) groups excluding carboxylic acids is 1. The predicted molar refractivity (Wildman–Crippen MR) is 36.8 cm³/mol. The van der Waals surface area contributed by atoms with Crippen LogP contribution in [0.15, 0.2) is 6.07 Å². The molecule has 0 radical (unpaired) electrons. The summed E-state index contributed by atoms with van der Waals surface area (Å²) in [6.45, 7) is 0. The maximum absolute atomic E-state index is 12.0. The zero-order valence-corrected chi connectivity index (χ0v) is 6.17. The van der Waals surface area contributed by atoms with Crippen molar-refractivity contribution >= 4 is 12.2 Å². The van der Waals surface area contributed by atoms with E-state index in [9.17, 15) is 18.0 Å². The summed E-state index contributed by atoms with van der Waals surface area (Å²) < 4.78 is 36.1. The van der Waals surface area contributed by atoms with Crippen LogP contribution in [0.5, 0.6) is 0 Å². The number of anilines is 1. The highest BCUT2D eigenvalue weighted by molar-refractivity contribution is 5.72. The first-order chi connectivity index (χ1) is 5.93. The van der Waals surface area contributed by atoms with Crippen LogP contribution in [-0.2, 0) is 6.18 Å². The van der Waals surface area contributed by atoms with Gasteiger partial charge in [0.2, 0.25) is 5.95 Å². The zero-order valence-electron chi connectivity index (χ0n) is 6.17. The molecule has 0 unspecified atom stereocenters. The summed E-state index contributed by atoms with van der Waals surface area (Å²) in [6, 6.07) is 0.531. The lowest BCUT2D eigenvalue weighted by molar-refractivity contribution is -0.141. The van der Waals surface area contributed by atoms with E-state index in [2.05, 4.69) is 9.97 Å². The van der Waals surface area contributed by atoms with Gasteiger partial charge in [-0.2, -0.15) is 13.2 Å². The Morgan fingerprint density at radius 3 is 2.46 bits per heavy atom. The predicted octanol–water partition coefficient (Wildman–Crippen LogP) is 0.890. The number of carbonyl (C=O) groups is 1. The molecule has 0 aromatic carbocycles. The highest BCUT2D eigenvalue weighted by Gasteiger charge is 2.33. The topological polar surface area (TPSA) is 68.9 Å². The van der Waals surface area contributed by atoms with Gasteiger partial charge in [0.1, 0.15) is 5.69 Å². The fraction of sp³-hybridized carbons (Fsp3) is 0.167. The van der Waals surface area contributed by atoms with Gasteiger partial charge in [-0.1, -0.05) is 0 Å². The number of nitrogen functional groups attached to an aromatic ring is 1. The Balaban J connectivity index is 3.24. The maximum atomic E-state index is 12.0. The molecule has 70 valence electrons. The molecule has 0 saturated carbocycles. The molecule has 1 aromatic heterocycles. The van der Waals surface area contributed by atoms with Crippen molar-refractivity contribution in [3.8, 4) is 0 Å². The maximum Gasteiger partial charge on any atom is 0.433 e. The summed E-state index contributed by atoms with van der Waals surface area (Å²) in [5.74, 6) is -0.572. The molecule has 1 rings (SSSR count). The fourth-order valence-electron chi connectivity index (χ4n) is 0.691. The molecule has 13 heavy (non-hydrogen) atoms. The van der Waals surface area contributed by atoms with Crippen molar-refractivity contribution in [2.75, 3.05) is 5.73 Å². The van der Waals surface area contributed by atoms with Crippen LogP contribution < -0.4 is 5.73 Å². The Kier molecular flexibility index (Phi) is 2.18. The monoisotopic (exact) mass is 191 g/mol. The minimum absolute atomic E-state index is 0.174. The number of nitrogens with two attached hydrogens (primary N) is 1. The second-order valence-corrected chi connectivity index (χ2v) is 2.15. The van der Waals surface area contributed by atoms with Crippen molar-refractivity contribution in [2.45, 2.75) is 6.18 Å². The van der Waals surface area contributed by atoms with Crippen molar-refractivity contribution < 1.29 is 18.0 Å². The van der Waals surface area contributed by atoms with Crippen LogP contribution in [-0.4, -0.2) is 16.3 Å². The lowest BCUT2D eigenvalue weighted by Crippen LogP contribution is -2.12. The van der Waals surface area contributed by atoms with Crippen molar-refractivity contribution in [3.63, 3.8) is 0 Å². The van der Waals surface area contributed by atoms with E-state index >= 15 is 0 Å². The van der Waals surface area contributed by atoms with Gasteiger partial charge in [0, 0.05) is 0 Å². The second-order valence-electron chi connectivity index (χ2n) is 2.15. The molecular weight excluding hydrogens is 187 g/mol. The summed E-state index contributed by atoms with van der Waals surface area (Å²) in [7, 11) is 0. The Labute approximate surface area is 70.6 Å². The molecule has 0 atom stereocenters. The molecule has 7 heteroatoms. The summed E-state index contributed by atoms with van der Waals surface area (Å²) in [6.07, 6.45) is -4.44. The lowest BCUT2D eigenvalue weighted by Gasteiger charge is -2.05. The molecule has 0 spiro atoms. The van der Waals surface area contributed by atoms with Gasteiger partial charge in [0.25, 0.3) is 0 Å². The van der Waals surface area contributed by atoms with Crippen LogP contribution in [0.25, 0.3) is 0 Å². The minimum Gasteiger partial charge on any atom is -0.368 e. The fourth-order valence-corrected chi connectivity index (χ4v) is 0.691. The van der Waals surface area contributed by atoms with Crippen molar-refractivity contribution in [1.29, 1.82) is 0 Å². The first kappa shape index (κ1) is 9.43. The number of hydrogen-bond donors (Lipinski definition) is 1. The van der Waals surface area contributed by atoms with E-state index in [1.165, 1.54) is 0 Å². The average molecular weight is 191 g/mol.